The Balaban J connectivity index is 3.17. The highest BCUT2D eigenvalue weighted by Crippen LogP contribution is 2.08. The van der Waals surface area contributed by atoms with Gasteiger partial charge in [0, 0.05) is 19.4 Å². The summed E-state index contributed by atoms with van der Waals surface area (Å²) in [6.45, 7) is 4.42. The molecule has 0 aromatic carbocycles. The molecule has 2 heteroatoms. The van der Waals surface area contributed by atoms with E-state index >= 15 is 0 Å². The molecule has 0 saturated carbocycles. The molecule has 0 saturated heterocycles. The zero-order valence-electron chi connectivity index (χ0n) is 8.88. The molecule has 78 valence electrons. The number of aliphatic hydroxyl groups is 1. The van der Waals surface area contributed by atoms with Gasteiger partial charge in [0.2, 0.25) is 0 Å². The standard InChI is InChI=1S/C11H22O2/c1-10(2)9-11(13)7-5-3-4-6-8-12/h10,12H,3-9H2,1-2H3. The predicted molar refractivity (Wildman–Crippen MR) is 54.6 cm³/mol. The molecule has 1 N–H and O–H groups in total. The highest BCUT2D eigenvalue weighted by molar-refractivity contribution is 5.78. The second-order valence-electron chi connectivity index (χ2n) is 4.02. The van der Waals surface area contributed by atoms with Gasteiger partial charge in [-0.3, -0.25) is 4.79 Å². The van der Waals surface area contributed by atoms with Crippen LogP contribution in [0.1, 0.15) is 52.4 Å². The zero-order chi connectivity index (χ0) is 10.1. The highest BCUT2D eigenvalue weighted by atomic mass is 16.2. The van der Waals surface area contributed by atoms with Crippen molar-refractivity contribution in [2.45, 2.75) is 52.4 Å². The number of hydrogen-bond donors (Lipinski definition) is 1. The summed E-state index contributed by atoms with van der Waals surface area (Å²) in [6, 6.07) is 0. The first-order valence-corrected chi connectivity index (χ1v) is 5.29. The van der Waals surface area contributed by atoms with Crippen LogP contribution in [0.5, 0.6) is 0 Å². The van der Waals surface area contributed by atoms with Crippen LogP contribution in [-0.2, 0) is 4.79 Å². The van der Waals surface area contributed by atoms with Gasteiger partial charge in [-0.2, -0.15) is 0 Å². The molecule has 0 unspecified atom stereocenters. The van der Waals surface area contributed by atoms with E-state index in [1.807, 2.05) is 0 Å². The fourth-order valence-electron chi connectivity index (χ4n) is 1.34. The lowest BCUT2D eigenvalue weighted by Gasteiger charge is -2.03. The molecular weight excluding hydrogens is 164 g/mol. The smallest absolute Gasteiger partial charge is 0.133 e. The molecule has 13 heavy (non-hydrogen) atoms. The lowest BCUT2D eigenvalue weighted by Crippen LogP contribution is -2.02. The lowest BCUT2D eigenvalue weighted by molar-refractivity contribution is -0.119. The Hall–Kier alpha value is -0.370. The van der Waals surface area contributed by atoms with Gasteiger partial charge < -0.3 is 5.11 Å². The average molecular weight is 186 g/mol. The van der Waals surface area contributed by atoms with Crippen molar-refractivity contribution in [2.75, 3.05) is 6.61 Å². The second-order valence-corrected chi connectivity index (χ2v) is 4.02. The topological polar surface area (TPSA) is 37.3 Å². The van der Waals surface area contributed by atoms with Crippen molar-refractivity contribution in [1.82, 2.24) is 0 Å². The maximum atomic E-state index is 11.2. The summed E-state index contributed by atoms with van der Waals surface area (Å²) < 4.78 is 0. The largest absolute Gasteiger partial charge is 0.396 e. The van der Waals surface area contributed by atoms with Crippen molar-refractivity contribution in [3.8, 4) is 0 Å². The first kappa shape index (κ1) is 12.6. The molecule has 0 aliphatic heterocycles. The van der Waals surface area contributed by atoms with Gasteiger partial charge in [0.05, 0.1) is 0 Å². The minimum atomic E-state index is 0.278. The molecule has 0 atom stereocenters. The van der Waals surface area contributed by atoms with Crippen LogP contribution >= 0.6 is 0 Å². The van der Waals surface area contributed by atoms with Crippen molar-refractivity contribution in [3.63, 3.8) is 0 Å². The van der Waals surface area contributed by atoms with E-state index in [4.69, 9.17) is 5.11 Å². The van der Waals surface area contributed by atoms with Crippen molar-refractivity contribution >= 4 is 5.78 Å². The van der Waals surface area contributed by atoms with Crippen molar-refractivity contribution < 1.29 is 9.90 Å². The molecule has 0 radical (unpaired) electrons. The third-order valence-electron chi connectivity index (χ3n) is 2.00. The Morgan fingerprint density at radius 1 is 1.15 bits per heavy atom. The molecule has 2 nitrogen and oxygen atoms in total. The SMILES string of the molecule is CC(C)CC(=O)CCCCCCO. The number of carbonyl (C=O) groups excluding carboxylic acids is 1. The van der Waals surface area contributed by atoms with E-state index in [1.165, 1.54) is 0 Å². The number of carbonyl (C=O) groups is 1. The molecular formula is C11H22O2. The monoisotopic (exact) mass is 186 g/mol. The van der Waals surface area contributed by atoms with Gasteiger partial charge in [-0.1, -0.05) is 26.7 Å². The minimum Gasteiger partial charge on any atom is -0.396 e. The van der Waals surface area contributed by atoms with Crippen LogP contribution < -0.4 is 0 Å². The van der Waals surface area contributed by atoms with Crippen LogP contribution in [0.25, 0.3) is 0 Å². The first-order chi connectivity index (χ1) is 6.16. The van der Waals surface area contributed by atoms with E-state index < -0.39 is 0 Å². The summed E-state index contributed by atoms with van der Waals surface area (Å²) >= 11 is 0. The number of hydrogen-bond acceptors (Lipinski definition) is 2. The van der Waals surface area contributed by atoms with Gasteiger partial charge in [0.15, 0.2) is 0 Å². The van der Waals surface area contributed by atoms with Crippen molar-refractivity contribution in [2.24, 2.45) is 5.92 Å². The summed E-state index contributed by atoms with van der Waals surface area (Å²) in [6.07, 6.45) is 5.43. The van der Waals surface area contributed by atoms with Crippen molar-refractivity contribution in [3.05, 3.63) is 0 Å². The van der Waals surface area contributed by atoms with E-state index in [9.17, 15) is 4.79 Å². The third-order valence-corrected chi connectivity index (χ3v) is 2.00. The van der Waals surface area contributed by atoms with Crippen LogP contribution in [0.3, 0.4) is 0 Å². The van der Waals surface area contributed by atoms with E-state index in [-0.39, 0.29) is 6.61 Å². The van der Waals surface area contributed by atoms with Crippen LogP contribution in [0.2, 0.25) is 0 Å². The maximum absolute atomic E-state index is 11.2. The molecule has 0 aromatic heterocycles. The number of unbranched alkanes of at least 4 members (excludes halogenated alkanes) is 3. The molecule has 0 bridgehead atoms. The summed E-state index contributed by atoms with van der Waals surface area (Å²) in [4.78, 5) is 11.2. The minimum absolute atomic E-state index is 0.278. The highest BCUT2D eigenvalue weighted by Gasteiger charge is 2.03. The Labute approximate surface area is 81.3 Å². The zero-order valence-corrected chi connectivity index (χ0v) is 8.88. The quantitative estimate of drug-likeness (QED) is 0.591. The van der Waals surface area contributed by atoms with Gasteiger partial charge in [0.1, 0.15) is 5.78 Å². The molecule has 0 aliphatic rings. The molecule has 0 fully saturated rings. The molecule has 0 aromatic rings. The normalized spacial score (nSPS) is 10.8. The van der Waals surface area contributed by atoms with E-state index in [0.717, 1.165) is 38.5 Å². The number of ketones is 1. The van der Waals surface area contributed by atoms with Crippen LogP contribution in [0.4, 0.5) is 0 Å². The fraction of sp³-hybridized carbons (Fsp3) is 0.909. The van der Waals surface area contributed by atoms with Crippen molar-refractivity contribution in [1.29, 1.82) is 0 Å². The Morgan fingerprint density at radius 2 is 1.77 bits per heavy atom. The number of Topliss-reactive ketones (excluding diaryl/α,β-unsaturated/α-hetero) is 1. The lowest BCUT2D eigenvalue weighted by atomic mass is 10.0. The summed E-state index contributed by atoms with van der Waals surface area (Å²) in [7, 11) is 0. The Morgan fingerprint density at radius 3 is 2.31 bits per heavy atom. The van der Waals surface area contributed by atoms with Gasteiger partial charge in [0.25, 0.3) is 0 Å². The summed E-state index contributed by atoms with van der Waals surface area (Å²) in [5.74, 6) is 0.879. The van der Waals surface area contributed by atoms with Crippen LogP contribution in [-0.4, -0.2) is 17.5 Å². The molecule has 0 aliphatic carbocycles. The summed E-state index contributed by atoms with van der Waals surface area (Å²) in [5.41, 5.74) is 0. The predicted octanol–water partition coefficient (Wildman–Crippen LogP) is 2.54. The van der Waals surface area contributed by atoms with Crippen LogP contribution in [0.15, 0.2) is 0 Å². The maximum Gasteiger partial charge on any atom is 0.133 e. The van der Waals surface area contributed by atoms with E-state index in [1.54, 1.807) is 0 Å². The fourth-order valence-corrected chi connectivity index (χ4v) is 1.34. The van der Waals surface area contributed by atoms with Gasteiger partial charge >= 0.3 is 0 Å². The summed E-state index contributed by atoms with van der Waals surface area (Å²) in [5, 5.41) is 8.53. The average Bonchev–Trinajstić information content (AvgIpc) is 2.02. The Kier molecular flexibility index (Phi) is 8.00. The number of aliphatic hydroxyl groups excluding tert-OH is 1. The second kappa shape index (κ2) is 8.24. The Bertz CT molecular complexity index is 130. The van der Waals surface area contributed by atoms with Gasteiger partial charge in [-0.25, -0.2) is 0 Å². The van der Waals surface area contributed by atoms with Crippen LogP contribution in [0, 0.1) is 5.92 Å². The van der Waals surface area contributed by atoms with E-state index in [2.05, 4.69) is 13.8 Å². The first-order valence-electron chi connectivity index (χ1n) is 5.29. The van der Waals surface area contributed by atoms with Gasteiger partial charge in [-0.15, -0.1) is 0 Å². The van der Waals surface area contributed by atoms with E-state index in [0.29, 0.717) is 11.7 Å². The molecule has 0 spiro atoms. The molecule has 0 rings (SSSR count). The molecule has 0 heterocycles. The third kappa shape index (κ3) is 9.54. The number of rotatable bonds is 8. The van der Waals surface area contributed by atoms with Gasteiger partial charge in [-0.05, 0) is 18.8 Å². The molecule has 0 amide bonds.